The second-order valence-corrected chi connectivity index (χ2v) is 9.06. The number of aromatic nitrogens is 2. The van der Waals surface area contributed by atoms with E-state index in [4.69, 9.17) is 19.6 Å². The second-order valence-electron chi connectivity index (χ2n) is 7.03. The molecule has 0 fully saturated rings. The van der Waals surface area contributed by atoms with Gasteiger partial charge in [-0.2, -0.15) is 0 Å². The number of hydrogen-bond acceptors (Lipinski definition) is 9. The Morgan fingerprint density at radius 2 is 2.06 bits per heavy atom. The number of rotatable bonds is 6. The van der Waals surface area contributed by atoms with Crippen LogP contribution in [0.3, 0.4) is 0 Å². The predicted molar refractivity (Wildman–Crippen MR) is 114 cm³/mol. The topological polar surface area (TPSA) is 130 Å². The van der Waals surface area contributed by atoms with Gasteiger partial charge in [-0.3, -0.25) is 9.59 Å². The van der Waals surface area contributed by atoms with Gasteiger partial charge in [-0.05, 0) is 37.0 Å². The maximum Gasteiger partial charge on any atom is 0.277 e. The molecule has 11 heteroatoms. The van der Waals surface area contributed by atoms with Crippen LogP contribution in [0.5, 0.6) is 11.5 Å². The van der Waals surface area contributed by atoms with Gasteiger partial charge in [0, 0.05) is 4.88 Å². The summed E-state index contributed by atoms with van der Waals surface area (Å²) in [5, 5.41) is 11.5. The van der Waals surface area contributed by atoms with E-state index in [-0.39, 0.29) is 29.4 Å². The summed E-state index contributed by atoms with van der Waals surface area (Å²) in [7, 11) is 0. The SMILES string of the molecule is NC(=O)c1c(NC(=O)CSc2nnc([C@H]3COc4ccccc4O3)o2)sc2c1CCC2. The monoisotopic (exact) mass is 458 g/mol. The maximum absolute atomic E-state index is 12.4. The third-order valence-electron chi connectivity index (χ3n) is 4.95. The minimum absolute atomic E-state index is 0.0489. The van der Waals surface area contributed by atoms with Gasteiger partial charge in [0.05, 0.1) is 11.3 Å². The Hall–Kier alpha value is -3.05. The van der Waals surface area contributed by atoms with Gasteiger partial charge in [0.25, 0.3) is 17.0 Å². The number of ether oxygens (including phenoxy) is 2. The van der Waals surface area contributed by atoms with Crippen LogP contribution in [0, 0.1) is 0 Å². The Balaban J connectivity index is 1.20. The lowest BCUT2D eigenvalue weighted by atomic mass is 10.1. The van der Waals surface area contributed by atoms with Gasteiger partial charge >= 0.3 is 0 Å². The average molecular weight is 459 g/mol. The zero-order chi connectivity index (χ0) is 21.4. The summed E-state index contributed by atoms with van der Waals surface area (Å²) >= 11 is 2.52. The van der Waals surface area contributed by atoms with Crippen LogP contribution in [0.15, 0.2) is 33.9 Å². The molecule has 5 rings (SSSR count). The lowest BCUT2D eigenvalue weighted by Gasteiger charge is -2.23. The highest BCUT2D eigenvalue weighted by atomic mass is 32.2. The van der Waals surface area contributed by atoms with Crippen LogP contribution >= 0.6 is 23.1 Å². The first-order valence-corrected chi connectivity index (χ1v) is 11.5. The van der Waals surface area contributed by atoms with Crippen molar-refractivity contribution in [1.29, 1.82) is 0 Å². The van der Waals surface area contributed by atoms with Gasteiger partial charge in [0.2, 0.25) is 12.0 Å². The van der Waals surface area contributed by atoms with Crippen LogP contribution < -0.4 is 20.5 Å². The Morgan fingerprint density at radius 1 is 1.23 bits per heavy atom. The number of thioether (sulfide) groups is 1. The number of fused-ring (bicyclic) bond motifs is 2. The number of para-hydroxylation sites is 2. The number of nitrogens with zero attached hydrogens (tertiary/aromatic N) is 2. The third-order valence-corrected chi connectivity index (χ3v) is 6.98. The molecule has 0 radical (unpaired) electrons. The molecule has 0 unspecified atom stereocenters. The molecule has 1 aliphatic carbocycles. The number of nitrogens with one attached hydrogen (secondary N) is 1. The Morgan fingerprint density at radius 3 is 2.90 bits per heavy atom. The van der Waals surface area contributed by atoms with E-state index in [0.29, 0.717) is 22.1 Å². The van der Waals surface area contributed by atoms with Crippen molar-refractivity contribution in [2.45, 2.75) is 30.6 Å². The molecular formula is C20H18N4O5S2. The van der Waals surface area contributed by atoms with Crippen molar-refractivity contribution in [3.63, 3.8) is 0 Å². The van der Waals surface area contributed by atoms with Crippen molar-refractivity contribution in [1.82, 2.24) is 10.2 Å². The molecule has 2 amide bonds. The number of carbonyl (C=O) groups is 2. The summed E-state index contributed by atoms with van der Waals surface area (Å²) in [6.45, 7) is 0.253. The molecule has 9 nitrogen and oxygen atoms in total. The Labute approximate surface area is 185 Å². The summed E-state index contributed by atoms with van der Waals surface area (Å²) in [6, 6.07) is 7.35. The summed E-state index contributed by atoms with van der Waals surface area (Å²) in [5.74, 6) is 0.812. The van der Waals surface area contributed by atoms with E-state index < -0.39 is 12.0 Å². The third kappa shape index (κ3) is 3.98. The Kier molecular flexibility index (Phi) is 5.28. The van der Waals surface area contributed by atoms with Gasteiger partial charge in [0.1, 0.15) is 11.6 Å². The van der Waals surface area contributed by atoms with Gasteiger partial charge < -0.3 is 24.9 Å². The first-order chi connectivity index (χ1) is 15.1. The largest absolute Gasteiger partial charge is 0.485 e. The fraction of sp³-hybridized carbons (Fsp3) is 0.300. The minimum Gasteiger partial charge on any atom is -0.485 e. The van der Waals surface area contributed by atoms with Crippen molar-refractivity contribution >= 4 is 39.9 Å². The molecule has 2 aromatic heterocycles. The van der Waals surface area contributed by atoms with Gasteiger partial charge in [-0.15, -0.1) is 21.5 Å². The zero-order valence-corrected chi connectivity index (χ0v) is 17.9. The number of hydrogen-bond donors (Lipinski definition) is 2. The van der Waals surface area contributed by atoms with E-state index in [9.17, 15) is 9.59 Å². The summed E-state index contributed by atoms with van der Waals surface area (Å²) < 4.78 is 17.1. The molecule has 3 N–H and O–H groups in total. The number of carbonyl (C=O) groups excluding carboxylic acids is 2. The summed E-state index contributed by atoms with van der Waals surface area (Å²) in [4.78, 5) is 25.4. The van der Waals surface area contributed by atoms with Crippen molar-refractivity contribution in [2.75, 3.05) is 17.7 Å². The smallest absolute Gasteiger partial charge is 0.277 e. The lowest BCUT2D eigenvalue weighted by molar-refractivity contribution is -0.113. The molecule has 0 saturated heterocycles. The van der Waals surface area contributed by atoms with Crippen molar-refractivity contribution in [3.8, 4) is 11.5 Å². The van der Waals surface area contributed by atoms with Crippen LogP contribution in [-0.2, 0) is 17.6 Å². The predicted octanol–water partition coefficient (Wildman–Crippen LogP) is 2.96. The maximum atomic E-state index is 12.4. The van der Waals surface area contributed by atoms with Crippen molar-refractivity contribution < 1.29 is 23.5 Å². The number of anilines is 1. The lowest BCUT2D eigenvalue weighted by Crippen LogP contribution is -2.21. The van der Waals surface area contributed by atoms with E-state index in [1.54, 1.807) is 6.07 Å². The van der Waals surface area contributed by atoms with Gasteiger partial charge in [0.15, 0.2) is 11.5 Å². The number of aryl methyl sites for hydroxylation is 1. The molecule has 160 valence electrons. The fourth-order valence-corrected chi connectivity index (χ4v) is 5.47. The highest BCUT2D eigenvalue weighted by Gasteiger charge is 2.28. The van der Waals surface area contributed by atoms with Crippen LogP contribution in [-0.4, -0.2) is 34.4 Å². The standard InChI is InChI=1S/C20H18N4O5S2/c21-17(26)16-10-4-3-7-14(10)31-19(16)22-15(25)9-30-20-24-23-18(29-20)13-8-27-11-5-1-2-6-12(11)28-13/h1-2,5-6,13H,3-4,7-9H2,(H2,21,26)(H,22,25)/t13-/m1/s1. The molecule has 2 aliphatic rings. The Bertz CT molecular complexity index is 1160. The molecule has 3 heterocycles. The van der Waals surface area contributed by atoms with Gasteiger partial charge in [-0.25, -0.2) is 0 Å². The number of thiophene rings is 1. The van der Waals surface area contributed by atoms with E-state index in [1.807, 2.05) is 18.2 Å². The zero-order valence-electron chi connectivity index (χ0n) is 16.3. The normalized spacial score (nSPS) is 16.7. The number of amides is 2. The van der Waals surface area contributed by atoms with Crippen LogP contribution in [0.1, 0.15) is 39.2 Å². The number of primary amides is 1. The van der Waals surface area contributed by atoms with E-state index in [1.165, 1.54) is 11.3 Å². The summed E-state index contributed by atoms with van der Waals surface area (Å²) in [5.41, 5.74) is 6.94. The molecule has 0 spiro atoms. The quantitative estimate of drug-likeness (QED) is 0.539. The second kappa shape index (κ2) is 8.23. The van der Waals surface area contributed by atoms with E-state index >= 15 is 0 Å². The van der Waals surface area contributed by atoms with Crippen molar-refractivity contribution in [3.05, 3.63) is 46.2 Å². The molecule has 0 bridgehead atoms. The highest BCUT2D eigenvalue weighted by Crippen LogP contribution is 2.39. The van der Waals surface area contributed by atoms with Crippen molar-refractivity contribution in [2.24, 2.45) is 5.73 Å². The molecule has 1 aliphatic heterocycles. The van der Waals surface area contributed by atoms with Crippen LogP contribution in [0.2, 0.25) is 0 Å². The van der Waals surface area contributed by atoms with E-state index in [0.717, 1.165) is 41.5 Å². The average Bonchev–Trinajstić information content (AvgIpc) is 3.48. The first-order valence-electron chi connectivity index (χ1n) is 9.67. The fourth-order valence-electron chi connectivity index (χ4n) is 3.59. The van der Waals surface area contributed by atoms with Crippen LogP contribution in [0.4, 0.5) is 5.00 Å². The number of benzene rings is 1. The highest BCUT2D eigenvalue weighted by molar-refractivity contribution is 7.99. The summed E-state index contributed by atoms with van der Waals surface area (Å²) in [6.07, 6.45) is 2.22. The number of nitrogens with two attached hydrogens (primary N) is 1. The molecule has 1 atom stereocenters. The van der Waals surface area contributed by atoms with E-state index in [2.05, 4.69) is 15.5 Å². The molecule has 1 aromatic carbocycles. The molecular weight excluding hydrogens is 440 g/mol. The molecule has 31 heavy (non-hydrogen) atoms. The molecule has 3 aromatic rings. The molecule has 0 saturated carbocycles. The van der Waals surface area contributed by atoms with Gasteiger partial charge in [-0.1, -0.05) is 23.9 Å². The van der Waals surface area contributed by atoms with Crippen LogP contribution in [0.25, 0.3) is 0 Å². The minimum atomic E-state index is -0.516. The first kappa shape index (κ1) is 19.9.